The lowest BCUT2D eigenvalue weighted by Crippen LogP contribution is -2.33. The van der Waals surface area contributed by atoms with Gasteiger partial charge < -0.3 is 5.32 Å². The van der Waals surface area contributed by atoms with E-state index in [2.05, 4.69) is 25.2 Å². The van der Waals surface area contributed by atoms with Crippen LogP contribution >= 0.6 is 23.2 Å². The Balaban J connectivity index is 2.49. The van der Waals surface area contributed by atoms with E-state index in [9.17, 15) is 0 Å². The van der Waals surface area contributed by atoms with Crippen molar-refractivity contribution >= 4 is 23.2 Å². The molecule has 3 heteroatoms. The van der Waals surface area contributed by atoms with Gasteiger partial charge in [0.1, 0.15) is 0 Å². The smallest absolute Gasteiger partial charge is 0.0628 e. The van der Waals surface area contributed by atoms with Crippen LogP contribution in [0.15, 0.2) is 12.1 Å². The van der Waals surface area contributed by atoms with Gasteiger partial charge in [-0.3, -0.25) is 0 Å². The summed E-state index contributed by atoms with van der Waals surface area (Å²) in [6.45, 7) is 5.42. The Morgan fingerprint density at radius 2 is 2.07 bits per heavy atom. The van der Waals surface area contributed by atoms with Gasteiger partial charge >= 0.3 is 0 Å². The Bertz CT molecular complexity index is 374. The molecule has 1 heterocycles. The second-order valence-corrected chi connectivity index (χ2v) is 5.14. The summed E-state index contributed by atoms with van der Waals surface area (Å²) < 4.78 is 0. The first-order valence-corrected chi connectivity index (χ1v) is 6.07. The Morgan fingerprint density at radius 3 is 2.73 bits per heavy atom. The molecule has 0 aromatic heterocycles. The zero-order valence-electron chi connectivity index (χ0n) is 8.98. The fourth-order valence-electron chi connectivity index (χ4n) is 2.21. The largest absolute Gasteiger partial charge is 0.309 e. The minimum atomic E-state index is 0.406. The van der Waals surface area contributed by atoms with Crippen LogP contribution in [0.4, 0.5) is 0 Å². The van der Waals surface area contributed by atoms with Crippen molar-refractivity contribution in [1.29, 1.82) is 0 Å². The maximum atomic E-state index is 6.22. The van der Waals surface area contributed by atoms with E-state index in [0.717, 1.165) is 18.0 Å². The molecule has 0 bridgehead atoms. The Morgan fingerprint density at radius 1 is 1.33 bits per heavy atom. The molecule has 0 aliphatic carbocycles. The van der Waals surface area contributed by atoms with Crippen molar-refractivity contribution < 1.29 is 0 Å². The van der Waals surface area contributed by atoms with Crippen LogP contribution in [0.25, 0.3) is 0 Å². The van der Waals surface area contributed by atoms with Crippen molar-refractivity contribution in [3.63, 3.8) is 0 Å². The SMILES string of the molecule is CC(C)C1NCCc2c1ccc(Cl)c2Cl. The number of benzene rings is 1. The van der Waals surface area contributed by atoms with E-state index in [1.807, 2.05) is 6.07 Å². The molecule has 1 aromatic rings. The molecule has 82 valence electrons. The second-order valence-electron chi connectivity index (χ2n) is 4.35. The molecule has 2 rings (SSSR count). The average molecular weight is 244 g/mol. The maximum absolute atomic E-state index is 6.22. The fraction of sp³-hybridized carbons (Fsp3) is 0.500. The molecule has 1 aromatic carbocycles. The molecule has 0 saturated carbocycles. The van der Waals surface area contributed by atoms with Crippen molar-refractivity contribution in [2.45, 2.75) is 26.3 Å². The predicted molar refractivity (Wildman–Crippen MR) is 65.7 cm³/mol. The Kier molecular flexibility index (Phi) is 3.24. The normalized spacial score (nSPS) is 20.5. The summed E-state index contributed by atoms with van der Waals surface area (Å²) >= 11 is 12.2. The van der Waals surface area contributed by atoms with E-state index in [-0.39, 0.29) is 0 Å². The molecule has 1 aliphatic heterocycles. The van der Waals surface area contributed by atoms with E-state index in [1.165, 1.54) is 11.1 Å². The highest BCUT2D eigenvalue weighted by atomic mass is 35.5. The van der Waals surface area contributed by atoms with Gasteiger partial charge in [-0.2, -0.15) is 0 Å². The van der Waals surface area contributed by atoms with Crippen LogP contribution in [0.5, 0.6) is 0 Å². The van der Waals surface area contributed by atoms with Gasteiger partial charge in [-0.05, 0) is 36.1 Å². The minimum absolute atomic E-state index is 0.406. The van der Waals surface area contributed by atoms with E-state index >= 15 is 0 Å². The van der Waals surface area contributed by atoms with Gasteiger partial charge in [-0.25, -0.2) is 0 Å². The highest BCUT2D eigenvalue weighted by Crippen LogP contribution is 2.36. The van der Waals surface area contributed by atoms with Gasteiger partial charge in [0.05, 0.1) is 10.0 Å². The van der Waals surface area contributed by atoms with E-state index in [4.69, 9.17) is 23.2 Å². The van der Waals surface area contributed by atoms with Gasteiger partial charge in [-0.1, -0.05) is 43.1 Å². The van der Waals surface area contributed by atoms with Crippen molar-refractivity contribution in [3.05, 3.63) is 33.3 Å². The van der Waals surface area contributed by atoms with E-state index in [1.54, 1.807) is 0 Å². The van der Waals surface area contributed by atoms with Crippen LogP contribution in [0.2, 0.25) is 10.0 Å². The lowest BCUT2D eigenvalue weighted by molar-refractivity contribution is 0.395. The van der Waals surface area contributed by atoms with Crippen LogP contribution in [-0.4, -0.2) is 6.54 Å². The summed E-state index contributed by atoms with van der Waals surface area (Å²) in [5, 5.41) is 4.92. The van der Waals surface area contributed by atoms with Gasteiger partial charge in [0.15, 0.2) is 0 Å². The Hall–Kier alpha value is -0.240. The molecule has 1 atom stereocenters. The third-order valence-corrected chi connectivity index (χ3v) is 3.82. The topological polar surface area (TPSA) is 12.0 Å². The molecule has 1 unspecified atom stereocenters. The predicted octanol–water partition coefficient (Wildman–Crippen LogP) is 3.84. The number of rotatable bonds is 1. The first-order chi connectivity index (χ1) is 7.11. The highest BCUT2D eigenvalue weighted by molar-refractivity contribution is 6.42. The molecule has 0 fully saturated rings. The molecule has 0 spiro atoms. The standard InChI is InChI=1S/C12H15Cl2N/c1-7(2)12-9-3-4-10(13)11(14)8(9)5-6-15-12/h3-4,7,12,15H,5-6H2,1-2H3. The highest BCUT2D eigenvalue weighted by Gasteiger charge is 2.24. The third kappa shape index (κ3) is 2.01. The summed E-state index contributed by atoms with van der Waals surface area (Å²) in [6.07, 6.45) is 0.970. The number of fused-ring (bicyclic) bond motifs is 1. The lowest BCUT2D eigenvalue weighted by atomic mass is 9.88. The average Bonchev–Trinajstić information content (AvgIpc) is 2.23. The molecule has 0 amide bonds. The lowest BCUT2D eigenvalue weighted by Gasteiger charge is -2.30. The monoisotopic (exact) mass is 243 g/mol. The molecule has 1 aliphatic rings. The summed E-state index contributed by atoms with van der Waals surface area (Å²) in [5.74, 6) is 0.571. The van der Waals surface area contributed by atoms with E-state index in [0.29, 0.717) is 17.0 Å². The zero-order chi connectivity index (χ0) is 11.0. The van der Waals surface area contributed by atoms with Crippen molar-refractivity contribution in [3.8, 4) is 0 Å². The molecular formula is C12H15Cl2N. The van der Waals surface area contributed by atoms with E-state index < -0.39 is 0 Å². The van der Waals surface area contributed by atoms with Gasteiger partial charge in [-0.15, -0.1) is 0 Å². The Labute approximate surface area is 101 Å². The second kappa shape index (κ2) is 4.32. The van der Waals surface area contributed by atoms with Crippen LogP contribution in [-0.2, 0) is 6.42 Å². The summed E-state index contributed by atoms with van der Waals surface area (Å²) in [6, 6.07) is 4.40. The molecule has 15 heavy (non-hydrogen) atoms. The summed E-state index contributed by atoms with van der Waals surface area (Å²) in [7, 11) is 0. The molecule has 1 nitrogen and oxygen atoms in total. The number of hydrogen-bond donors (Lipinski definition) is 1. The quantitative estimate of drug-likeness (QED) is 0.791. The maximum Gasteiger partial charge on any atom is 0.0628 e. The van der Waals surface area contributed by atoms with Crippen LogP contribution in [0.1, 0.15) is 31.0 Å². The molecule has 0 radical (unpaired) electrons. The first kappa shape index (κ1) is 11.3. The third-order valence-electron chi connectivity index (χ3n) is 2.97. The molecule has 1 N–H and O–H groups in total. The summed E-state index contributed by atoms with van der Waals surface area (Å²) in [4.78, 5) is 0. The van der Waals surface area contributed by atoms with Crippen molar-refractivity contribution in [2.75, 3.05) is 6.54 Å². The number of halogens is 2. The summed E-state index contributed by atoms with van der Waals surface area (Å²) in [5.41, 5.74) is 2.53. The van der Waals surface area contributed by atoms with Gasteiger partial charge in [0.2, 0.25) is 0 Å². The van der Waals surface area contributed by atoms with Gasteiger partial charge in [0.25, 0.3) is 0 Å². The van der Waals surface area contributed by atoms with Crippen molar-refractivity contribution in [1.82, 2.24) is 5.32 Å². The fourth-order valence-corrected chi connectivity index (χ4v) is 2.65. The minimum Gasteiger partial charge on any atom is -0.309 e. The number of nitrogens with one attached hydrogen (secondary N) is 1. The number of hydrogen-bond acceptors (Lipinski definition) is 1. The molecular weight excluding hydrogens is 229 g/mol. The van der Waals surface area contributed by atoms with Crippen LogP contribution < -0.4 is 5.32 Å². The van der Waals surface area contributed by atoms with Gasteiger partial charge in [0, 0.05) is 6.04 Å². The molecule has 0 saturated heterocycles. The van der Waals surface area contributed by atoms with Crippen LogP contribution in [0, 0.1) is 5.92 Å². The van der Waals surface area contributed by atoms with Crippen LogP contribution in [0.3, 0.4) is 0 Å². The first-order valence-electron chi connectivity index (χ1n) is 5.31. The van der Waals surface area contributed by atoms with Crippen molar-refractivity contribution in [2.24, 2.45) is 5.92 Å². The zero-order valence-corrected chi connectivity index (χ0v) is 10.5.